The molecule has 1 aromatic rings. The van der Waals surface area contributed by atoms with Crippen molar-refractivity contribution in [1.82, 2.24) is 5.32 Å². The van der Waals surface area contributed by atoms with Crippen LogP contribution in [0, 0.1) is 12.3 Å². The van der Waals surface area contributed by atoms with Gasteiger partial charge in [0, 0.05) is 5.56 Å². The summed E-state index contributed by atoms with van der Waals surface area (Å²) in [6.45, 7) is 0. The number of hydrogen-bond donors (Lipinski definition) is 2. The van der Waals surface area contributed by atoms with E-state index in [-0.39, 0.29) is 0 Å². The average molecular weight is 203 g/mol. The van der Waals surface area contributed by atoms with E-state index in [1.54, 1.807) is 7.05 Å². The molecule has 0 aromatic heterocycles. The van der Waals surface area contributed by atoms with Crippen LogP contribution in [0.1, 0.15) is 11.1 Å². The predicted octanol–water partition coefficient (Wildman–Crippen LogP) is 0.883. The van der Waals surface area contributed by atoms with Crippen LogP contribution >= 0.6 is 0 Å². The molecule has 0 saturated heterocycles. The summed E-state index contributed by atoms with van der Waals surface area (Å²) in [6.07, 6.45) is 5.67. The predicted molar refractivity (Wildman–Crippen MR) is 58.6 cm³/mol. The molecule has 0 saturated carbocycles. The summed E-state index contributed by atoms with van der Waals surface area (Å²) in [6, 6.07) is 6.76. The van der Waals surface area contributed by atoms with Crippen molar-refractivity contribution in [3.8, 4) is 12.3 Å². The Bertz CT molecular complexity index is 376. The molecular formula is C12H13NO2. The molecule has 0 bridgehead atoms. The molecule has 0 heterocycles. The summed E-state index contributed by atoms with van der Waals surface area (Å²) >= 11 is 0. The number of carboxylic acid groups (broad SMARTS) is 1. The van der Waals surface area contributed by atoms with E-state index in [9.17, 15) is 4.79 Å². The molecule has 0 spiro atoms. The molecule has 0 fully saturated rings. The highest BCUT2D eigenvalue weighted by atomic mass is 16.4. The normalized spacial score (nSPS) is 11.7. The SMILES string of the molecule is C#Cc1ccc(C[C@H](NC)C(=O)O)cc1. The van der Waals surface area contributed by atoms with E-state index in [1.165, 1.54) is 0 Å². The second kappa shape index (κ2) is 5.18. The van der Waals surface area contributed by atoms with Gasteiger partial charge >= 0.3 is 5.97 Å². The summed E-state index contributed by atoms with van der Waals surface area (Å²) in [5.41, 5.74) is 1.76. The summed E-state index contributed by atoms with van der Waals surface area (Å²) < 4.78 is 0. The first-order valence-corrected chi connectivity index (χ1v) is 4.63. The first kappa shape index (κ1) is 11.3. The Morgan fingerprint density at radius 1 is 1.53 bits per heavy atom. The minimum absolute atomic E-state index is 0.455. The first-order valence-electron chi connectivity index (χ1n) is 4.63. The van der Waals surface area contributed by atoms with E-state index in [2.05, 4.69) is 11.2 Å². The third-order valence-electron chi connectivity index (χ3n) is 2.21. The highest BCUT2D eigenvalue weighted by molar-refractivity contribution is 5.73. The van der Waals surface area contributed by atoms with Gasteiger partial charge in [0.1, 0.15) is 6.04 Å². The summed E-state index contributed by atoms with van der Waals surface area (Å²) in [5, 5.41) is 11.6. The summed E-state index contributed by atoms with van der Waals surface area (Å²) in [4.78, 5) is 10.8. The maximum Gasteiger partial charge on any atom is 0.321 e. The van der Waals surface area contributed by atoms with Gasteiger partial charge in [-0.2, -0.15) is 0 Å². The van der Waals surface area contributed by atoms with Crippen LogP contribution in [0.3, 0.4) is 0 Å². The number of aliphatic carboxylic acids is 1. The van der Waals surface area contributed by atoms with E-state index in [4.69, 9.17) is 11.5 Å². The third-order valence-corrected chi connectivity index (χ3v) is 2.21. The molecule has 1 atom stereocenters. The fraction of sp³-hybridized carbons (Fsp3) is 0.250. The van der Waals surface area contributed by atoms with Gasteiger partial charge in [-0.15, -0.1) is 6.42 Å². The van der Waals surface area contributed by atoms with E-state index in [1.807, 2.05) is 24.3 Å². The van der Waals surface area contributed by atoms with Gasteiger partial charge in [-0.25, -0.2) is 0 Å². The molecule has 3 nitrogen and oxygen atoms in total. The van der Waals surface area contributed by atoms with Crippen molar-refractivity contribution in [3.63, 3.8) is 0 Å². The van der Waals surface area contributed by atoms with Crippen molar-refractivity contribution in [3.05, 3.63) is 35.4 Å². The highest BCUT2D eigenvalue weighted by Crippen LogP contribution is 2.06. The van der Waals surface area contributed by atoms with Crippen LogP contribution in [0.4, 0.5) is 0 Å². The summed E-state index contributed by atoms with van der Waals surface area (Å²) in [5.74, 6) is 1.66. The number of carboxylic acids is 1. The number of rotatable bonds is 4. The Labute approximate surface area is 89.1 Å². The zero-order chi connectivity index (χ0) is 11.3. The van der Waals surface area contributed by atoms with Crippen LogP contribution in [0.5, 0.6) is 0 Å². The molecule has 15 heavy (non-hydrogen) atoms. The lowest BCUT2D eigenvalue weighted by Crippen LogP contribution is -2.35. The van der Waals surface area contributed by atoms with Crippen molar-refractivity contribution in [2.45, 2.75) is 12.5 Å². The highest BCUT2D eigenvalue weighted by Gasteiger charge is 2.14. The fourth-order valence-corrected chi connectivity index (χ4v) is 1.29. The van der Waals surface area contributed by atoms with Gasteiger partial charge in [0.05, 0.1) is 0 Å². The Kier molecular flexibility index (Phi) is 3.90. The Morgan fingerprint density at radius 2 is 2.13 bits per heavy atom. The maximum atomic E-state index is 10.8. The molecule has 0 amide bonds. The average Bonchev–Trinajstić information content (AvgIpc) is 2.26. The van der Waals surface area contributed by atoms with Crippen molar-refractivity contribution >= 4 is 5.97 Å². The molecule has 0 aliphatic rings. The number of terminal acetylenes is 1. The molecule has 1 rings (SSSR count). The van der Waals surface area contributed by atoms with Crippen molar-refractivity contribution in [1.29, 1.82) is 0 Å². The van der Waals surface area contributed by atoms with E-state index < -0.39 is 12.0 Å². The Hall–Kier alpha value is -1.79. The van der Waals surface area contributed by atoms with Crippen molar-refractivity contribution < 1.29 is 9.90 Å². The number of carbonyl (C=O) groups is 1. The lowest BCUT2D eigenvalue weighted by molar-refractivity contribution is -0.139. The number of likely N-dealkylation sites (N-methyl/N-ethyl adjacent to an activating group) is 1. The van der Waals surface area contributed by atoms with Crippen LogP contribution in [0.25, 0.3) is 0 Å². The van der Waals surface area contributed by atoms with Crippen molar-refractivity contribution in [2.75, 3.05) is 7.05 Å². The third kappa shape index (κ3) is 3.12. The molecule has 3 heteroatoms. The second-order valence-corrected chi connectivity index (χ2v) is 3.22. The minimum Gasteiger partial charge on any atom is -0.480 e. The van der Waals surface area contributed by atoms with Gasteiger partial charge < -0.3 is 10.4 Å². The van der Waals surface area contributed by atoms with Gasteiger partial charge in [0.2, 0.25) is 0 Å². The Balaban J connectivity index is 2.72. The lowest BCUT2D eigenvalue weighted by Gasteiger charge is -2.10. The van der Waals surface area contributed by atoms with Gasteiger partial charge in [0.15, 0.2) is 0 Å². The van der Waals surface area contributed by atoms with E-state index >= 15 is 0 Å². The first-order chi connectivity index (χ1) is 7.17. The van der Waals surface area contributed by atoms with E-state index in [0.717, 1.165) is 11.1 Å². The van der Waals surface area contributed by atoms with Crippen LogP contribution in [0.2, 0.25) is 0 Å². The van der Waals surface area contributed by atoms with Gasteiger partial charge in [-0.1, -0.05) is 18.1 Å². The molecule has 1 aromatic carbocycles. The van der Waals surface area contributed by atoms with Gasteiger partial charge in [-0.3, -0.25) is 4.79 Å². The molecule has 0 radical (unpaired) electrons. The number of benzene rings is 1. The van der Waals surface area contributed by atoms with Gasteiger partial charge in [-0.05, 0) is 31.2 Å². The van der Waals surface area contributed by atoms with Crippen molar-refractivity contribution in [2.24, 2.45) is 0 Å². The standard InChI is InChI=1S/C12H13NO2/c1-3-9-4-6-10(7-5-9)8-11(13-2)12(14)15/h1,4-7,11,13H,8H2,2H3,(H,14,15)/t11-/m0/s1. The van der Waals surface area contributed by atoms with Gasteiger partial charge in [0.25, 0.3) is 0 Å². The van der Waals surface area contributed by atoms with Crippen LogP contribution in [-0.2, 0) is 11.2 Å². The fourth-order valence-electron chi connectivity index (χ4n) is 1.29. The van der Waals surface area contributed by atoms with Crippen LogP contribution in [-0.4, -0.2) is 24.2 Å². The smallest absolute Gasteiger partial charge is 0.321 e. The zero-order valence-corrected chi connectivity index (χ0v) is 8.53. The molecule has 0 unspecified atom stereocenters. The molecular weight excluding hydrogens is 190 g/mol. The lowest BCUT2D eigenvalue weighted by atomic mass is 10.0. The molecule has 0 aliphatic heterocycles. The molecule has 78 valence electrons. The monoisotopic (exact) mass is 203 g/mol. The molecule has 0 aliphatic carbocycles. The Morgan fingerprint density at radius 3 is 2.53 bits per heavy atom. The minimum atomic E-state index is -0.849. The maximum absolute atomic E-state index is 10.8. The second-order valence-electron chi connectivity index (χ2n) is 3.22. The summed E-state index contributed by atoms with van der Waals surface area (Å²) in [7, 11) is 1.63. The van der Waals surface area contributed by atoms with Crippen LogP contribution < -0.4 is 5.32 Å². The topological polar surface area (TPSA) is 49.3 Å². The quantitative estimate of drug-likeness (QED) is 0.714. The van der Waals surface area contributed by atoms with E-state index in [0.29, 0.717) is 6.42 Å². The largest absolute Gasteiger partial charge is 0.480 e. The zero-order valence-electron chi connectivity index (χ0n) is 8.53. The number of nitrogens with one attached hydrogen (secondary N) is 1. The van der Waals surface area contributed by atoms with Crippen LogP contribution in [0.15, 0.2) is 24.3 Å². The molecule has 2 N–H and O–H groups in total. The number of hydrogen-bond acceptors (Lipinski definition) is 2.